The third-order valence-electron chi connectivity index (χ3n) is 6.57. The van der Waals surface area contributed by atoms with Crippen LogP contribution < -0.4 is 0 Å². The van der Waals surface area contributed by atoms with Gasteiger partial charge >= 0.3 is 0 Å². The van der Waals surface area contributed by atoms with Gasteiger partial charge in [-0.1, -0.05) is 48.5 Å². The Hall–Kier alpha value is -3.65. The Kier molecular flexibility index (Phi) is 2.66. The SMILES string of the molecule is Cc1ccc(C)c2c1c1ccc3ccnc4c5cc6ccccc6cc5n2c1c34. The molecule has 29 heavy (non-hydrogen) atoms. The fourth-order valence-electron chi connectivity index (χ4n) is 5.27. The largest absolute Gasteiger partial charge is 0.308 e. The van der Waals surface area contributed by atoms with Crippen LogP contribution >= 0.6 is 0 Å². The Morgan fingerprint density at radius 3 is 2.31 bits per heavy atom. The first-order valence-corrected chi connectivity index (χ1v) is 10.1. The summed E-state index contributed by atoms with van der Waals surface area (Å²) in [5.41, 5.74) is 7.57. The number of pyridine rings is 2. The van der Waals surface area contributed by atoms with E-state index in [1.165, 1.54) is 65.4 Å². The highest BCUT2D eigenvalue weighted by Gasteiger charge is 2.20. The average molecular weight is 370 g/mol. The number of hydrogen-bond acceptors (Lipinski definition) is 1. The van der Waals surface area contributed by atoms with Gasteiger partial charge in [-0.25, -0.2) is 0 Å². The van der Waals surface area contributed by atoms with Crippen LogP contribution in [0, 0.1) is 13.8 Å². The van der Waals surface area contributed by atoms with E-state index in [-0.39, 0.29) is 0 Å². The summed E-state index contributed by atoms with van der Waals surface area (Å²) in [4.78, 5) is 4.87. The van der Waals surface area contributed by atoms with Crippen molar-refractivity contribution in [1.82, 2.24) is 9.38 Å². The maximum Gasteiger partial charge on any atom is 0.0822 e. The molecule has 0 spiro atoms. The second-order valence-corrected chi connectivity index (χ2v) is 8.19. The van der Waals surface area contributed by atoms with Crippen LogP contribution in [-0.2, 0) is 0 Å². The molecule has 0 radical (unpaired) electrons. The normalized spacial score (nSPS) is 12.5. The molecule has 0 aliphatic rings. The molecule has 4 aromatic carbocycles. The van der Waals surface area contributed by atoms with Crippen molar-refractivity contribution < 1.29 is 0 Å². The predicted octanol–water partition coefficient (Wildman–Crippen LogP) is 7.15. The highest BCUT2D eigenvalue weighted by Crippen LogP contribution is 2.42. The highest BCUT2D eigenvalue weighted by atomic mass is 14.9. The molecule has 0 amide bonds. The van der Waals surface area contributed by atoms with E-state index in [9.17, 15) is 0 Å². The Labute approximate surface area is 167 Å². The molecule has 0 fully saturated rings. The molecule has 3 heterocycles. The molecular formula is C27H18N2. The second-order valence-electron chi connectivity index (χ2n) is 8.19. The van der Waals surface area contributed by atoms with Crippen LogP contribution in [0.1, 0.15) is 11.1 Å². The molecule has 0 N–H and O–H groups in total. The summed E-state index contributed by atoms with van der Waals surface area (Å²) in [7, 11) is 0. The molecule has 7 aromatic rings. The fourth-order valence-corrected chi connectivity index (χ4v) is 5.27. The van der Waals surface area contributed by atoms with Gasteiger partial charge in [-0.15, -0.1) is 0 Å². The van der Waals surface area contributed by atoms with Crippen molar-refractivity contribution in [2.75, 3.05) is 0 Å². The van der Waals surface area contributed by atoms with E-state index in [0.717, 1.165) is 5.52 Å². The zero-order chi connectivity index (χ0) is 19.3. The minimum absolute atomic E-state index is 1.10. The highest BCUT2D eigenvalue weighted by molar-refractivity contribution is 6.29. The third-order valence-corrected chi connectivity index (χ3v) is 6.57. The number of rotatable bonds is 0. The first-order valence-electron chi connectivity index (χ1n) is 10.1. The van der Waals surface area contributed by atoms with Crippen LogP contribution in [0.4, 0.5) is 0 Å². The van der Waals surface area contributed by atoms with Crippen molar-refractivity contribution in [3.05, 3.63) is 84.1 Å². The average Bonchev–Trinajstić information content (AvgIpc) is 3.12. The zero-order valence-electron chi connectivity index (χ0n) is 16.3. The minimum Gasteiger partial charge on any atom is -0.308 e. The first kappa shape index (κ1) is 15.3. The summed E-state index contributed by atoms with van der Waals surface area (Å²) >= 11 is 0. The monoisotopic (exact) mass is 370 g/mol. The van der Waals surface area contributed by atoms with Gasteiger partial charge < -0.3 is 4.40 Å². The molecule has 0 unspecified atom stereocenters. The maximum absolute atomic E-state index is 4.87. The molecule has 0 aliphatic carbocycles. The molecule has 0 atom stereocenters. The lowest BCUT2D eigenvalue weighted by Gasteiger charge is -2.13. The van der Waals surface area contributed by atoms with Crippen molar-refractivity contribution in [3.8, 4) is 0 Å². The number of aryl methyl sites for hydroxylation is 2. The molecule has 2 heteroatoms. The smallest absolute Gasteiger partial charge is 0.0822 e. The summed E-state index contributed by atoms with van der Waals surface area (Å²) < 4.78 is 2.49. The topological polar surface area (TPSA) is 17.3 Å². The van der Waals surface area contributed by atoms with Gasteiger partial charge in [0, 0.05) is 27.7 Å². The lowest BCUT2D eigenvalue weighted by atomic mass is 10.00. The number of fused-ring (bicyclic) bond motifs is 7. The molecule has 7 rings (SSSR count). The van der Waals surface area contributed by atoms with Crippen LogP contribution in [0.15, 0.2) is 72.9 Å². The predicted molar refractivity (Wildman–Crippen MR) is 123 cm³/mol. The molecule has 0 saturated heterocycles. The summed E-state index contributed by atoms with van der Waals surface area (Å²) in [6, 6.07) is 24.4. The Morgan fingerprint density at radius 1 is 0.655 bits per heavy atom. The van der Waals surface area contributed by atoms with E-state index in [4.69, 9.17) is 4.98 Å². The van der Waals surface area contributed by atoms with Gasteiger partial charge in [0.2, 0.25) is 0 Å². The van der Waals surface area contributed by atoms with Crippen LogP contribution in [0.2, 0.25) is 0 Å². The van der Waals surface area contributed by atoms with E-state index in [2.05, 4.69) is 85.0 Å². The van der Waals surface area contributed by atoms with Crippen LogP contribution in [0.5, 0.6) is 0 Å². The molecule has 0 bridgehead atoms. The molecule has 2 nitrogen and oxygen atoms in total. The van der Waals surface area contributed by atoms with Crippen molar-refractivity contribution in [2.24, 2.45) is 0 Å². The lowest BCUT2D eigenvalue weighted by molar-refractivity contribution is 1.31. The van der Waals surface area contributed by atoms with Crippen LogP contribution in [0.25, 0.3) is 59.8 Å². The second kappa shape index (κ2) is 5.03. The van der Waals surface area contributed by atoms with E-state index >= 15 is 0 Å². The van der Waals surface area contributed by atoms with Gasteiger partial charge in [-0.2, -0.15) is 0 Å². The van der Waals surface area contributed by atoms with Crippen LogP contribution in [-0.4, -0.2) is 9.38 Å². The van der Waals surface area contributed by atoms with Gasteiger partial charge in [-0.3, -0.25) is 4.98 Å². The Balaban J connectivity index is 1.97. The van der Waals surface area contributed by atoms with Gasteiger partial charge in [0.1, 0.15) is 0 Å². The standard InChI is InChI=1S/C27H18N2/c1-15-7-8-16(2)26-23(15)20-10-9-17-11-12-28-25-21-13-18-5-3-4-6-19(18)14-22(21)29(26)27(20)24(17)25/h3-14H,1-2H3. The number of aromatic nitrogens is 2. The third kappa shape index (κ3) is 1.75. The van der Waals surface area contributed by atoms with E-state index < -0.39 is 0 Å². The van der Waals surface area contributed by atoms with E-state index in [0.29, 0.717) is 0 Å². The summed E-state index contributed by atoms with van der Waals surface area (Å²) in [6.07, 6.45) is 1.94. The summed E-state index contributed by atoms with van der Waals surface area (Å²) in [5.74, 6) is 0. The van der Waals surface area contributed by atoms with Gasteiger partial charge in [0.15, 0.2) is 0 Å². The number of benzene rings is 4. The quantitative estimate of drug-likeness (QED) is 0.205. The summed E-state index contributed by atoms with van der Waals surface area (Å²) in [6.45, 7) is 4.44. The van der Waals surface area contributed by atoms with Crippen molar-refractivity contribution in [3.63, 3.8) is 0 Å². The Bertz CT molecular complexity index is 1770. The van der Waals surface area contributed by atoms with E-state index in [1.54, 1.807) is 0 Å². The summed E-state index contributed by atoms with van der Waals surface area (Å²) in [5, 5.41) is 8.93. The molecule has 0 saturated carbocycles. The Morgan fingerprint density at radius 2 is 1.45 bits per heavy atom. The lowest BCUT2D eigenvalue weighted by Crippen LogP contribution is -1.95. The molecule has 136 valence electrons. The molecule has 3 aromatic heterocycles. The van der Waals surface area contributed by atoms with Gasteiger partial charge in [0.05, 0.1) is 22.1 Å². The van der Waals surface area contributed by atoms with Crippen molar-refractivity contribution in [2.45, 2.75) is 13.8 Å². The number of hydrogen-bond donors (Lipinski definition) is 0. The fraction of sp³-hybridized carbons (Fsp3) is 0.0741. The number of nitrogens with zero attached hydrogens (tertiary/aromatic N) is 2. The molecule has 0 aliphatic heterocycles. The zero-order valence-corrected chi connectivity index (χ0v) is 16.3. The van der Waals surface area contributed by atoms with Gasteiger partial charge in [-0.05, 0) is 59.3 Å². The molecular weight excluding hydrogens is 352 g/mol. The van der Waals surface area contributed by atoms with Gasteiger partial charge in [0.25, 0.3) is 0 Å². The maximum atomic E-state index is 4.87. The van der Waals surface area contributed by atoms with Crippen molar-refractivity contribution in [1.29, 1.82) is 0 Å². The van der Waals surface area contributed by atoms with Crippen molar-refractivity contribution >= 4 is 59.8 Å². The minimum atomic E-state index is 1.10. The van der Waals surface area contributed by atoms with Crippen LogP contribution in [0.3, 0.4) is 0 Å². The first-order chi connectivity index (χ1) is 14.2. The van der Waals surface area contributed by atoms with E-state index in [1.807, 2.05) is 6.20 Å².